The van der Waals surface area contributed by atoms with Crippen molar-refractivity contribution in [3.8, 4) is 11.5 Å². The maximum absolute atomic E-state index is 11.5. The molecule has 0 aliphatic rings. The molecule has 9 heteroatoms. The van der Waals surface area contributed by atoms with Gasteiger partial charge in [0.05, 0.1) is 0 Å². The van der Waals surface area contributed by atoms with E-state index >= 15 is 0 Å². The van der Waals surface area contributed by atoms with Crippen LogP contribution in [0, 0.1) is 5.92 Å². The lowest BCUT2D eigenvalue weighted by atomic mass is 10.2. The number of hydrogen-bond acceptors (Lipinski definition) is 5. The van der Waals surface area contributed by atoms with Gasteiger partial charge in [-0.15, -0.1) is 10.2 Å². The smallest absolute Gasteiger partial charge is 0.295 e. The summed E-state index contributed by atoms with van der Waals surface area (Å²) in [7, 11) is 3.21. The van der Waals surface area contributed by atoms with Gasteiger partial charge in [-0.3, -0.25) is 9.25 Å². The Morgan fingerprint density at radius 2 is 2.05 bits per heavy atom. The molecule has 0 aliphatic carbocycles. The summed E-state index contributed by atoms with van der Waals surface area (Å²) in [5.74, 6) is 0.660. The summed E-state index contributed by atoms with van der Waals surface area (Å²) in [6, 6.07) is 1.74. The Morgan fingerprint density at radius 1 is 1.37 bits per heavy atom. The summed E-state index contributed by atoms with van der Waals surface area (Å²) in [5, 5.41) is 11.4. The van der Waals surface area contributed by atoms with E-state index in [0.29, 0.717) is 18.1 Å². The molecule has 0 amide bonds. The molecule has 7 nitrogen and oxygen atoms in total. The minimum absolute atomic E-state index is 0.222. The predicted octanol–water partition coefficient (Wildman–Crippen LogP) is 1.26. The van der Waals surface area contributed by atoms with Crippen molar-refractivity contribution in [3.63, 3.8) is 0 Å². The van der Waals surface area contributed by atoms with Gasteiger partial charge in [-0.25, -0.2) is 8.42 Å². The maximum Gasteiger partial charge on any atom is 0.296 e. The van der Waals surface area contributed by atoms with Crippen molar-refractivity contribution in [1.82, 2.24) is 24.5 Å². The molecule has 0 aromatic carbocycles. The highest BCUT2D eigenvalue weighted by Crippen LogP contribution is 2.23. The first kappa shape index (κ1) is 14.0. The van der Waals surface area contributed by atoms with E-state index in [1.165, 1.54) is 4.57 Å². The van der Waals surface area contributed by atoms with Gasteiger partial charge < -0.3 is 0 Å². The molecule has 0 spiro atoms. The largest absolute Gasteiger partial charge is 0.296 e. The molecule has 0 aliphatic heterocycles. The SMILES string of the molecule is CC(C)Cn1c(-c2ccnn2C)nnc1S(=O)(=O)Cl. The normalized spacial score (nSPS) is 12.3. The van der Waals surface area contributed by atoms with Crippen LogP contribution in [-0.2, 0) is 22.6 Å². The van der Waals surface area contributed by atoms with Crippen molar-refractivity contribution in [2.45, 2.75) is 25.5 Å². The van der Waals surface area contributed by atoms with Crippen LogP contribution < -0.4 is 0 Å². The predicted molar refractivity (Wildman–Crippen MR) is 70.1 cm³/mol. The molecule has 2 aromatic rings. The Kier molecular flexibility index (Phi) is 3.64. The van der Waals surface area contributed by atoms with E-state index in [1.54, 1.807) is 24.0 Å². The quantitative estimate of drug-likeness (QED) is 0.794. The summed E-state index contributed by atoms with van der Waals surface area (Å²) in [4.78, 5) is 0. The Morgan fingerprint density at radius 3 is 2.53 bits per heavy atom. The average molecular weight is 304 g/mol. The van der Waals surface area contributed by atoms with Crippen LogP contribution in [0.4, 0.5) is 0 Å². The highest BCUT2D eigenvalue weighted by molar-refractivity contribution is 8.13. The van der Waals surface area contributed by atoms with Crippen molar-refractivity contribution in [1.29, 1.82) is 0 Å². The molecule has 0 fully saturated rings. The van der Waals surface area contributed by atoms with Crippen LogP contribution in [0.3, 0.4) is 0 Å². The minimum atomic E-state index is -3.93. The van der Waals surface area contributed by atoms with Gasteiger partial charge in [0.15, 0.2) is 5.82 Å². The zero-order chi connectivity index (χ0) is 14.2. The van der Waals surface area contributed by atoms with Crippen molar-refractivity contribution in [2.24, 2.45) is 13.0 Å². The third-order valence-corrected chi connectivity index (χ3v) is 3.68. The summed E-state index contributed by atoms with van der Waals surface area (Å²) >= 11 is 0. The molecule has 0 radical (unpaired) electrons. The Hall–Kier alpha value is -1.41. The van der Waals surface area contributed by atoms with Crippen LogP contribution in [0.2, 0.25) is 0 Å². The first-order valence-corrected chi connectivity index (χ1v) is 7.98. The average Bonchev–Trinajstić information content (AvgIpc) is 2.82. The molecule has 2 rings (SSSR count). The topological polar surface area (TPSA) is 82.7 Å². The molecule has 0 N–H and O–H groups in total. The third-order valence-electron chi connectivity index (χ3n) is 2.53. The van der Waals surface area contributed by atoms with Crippen LogP contribution in [0.15, 0.2) is 17.4 Å². The zero-order valence-electron chi connectivity index (χ0n) is 10.8. The second-order valence-electron chi connectivity index (χ2n) is 4.59. The first-order valence-electron chi connectivity index (χ1n) is 5.67. The van der Waals surface area contributed by atoms with Crippen LogP contribution in [0.25, 0.3) is 11.5 Å². The van der Waals surface area contributed by atoms with Gasteiger partial charge in [0.1, 0.15) is 5.69 Å². The van der Waals surface area contributed by atoms with E-state index in [4.69, 9.17) is 10.7 Å². The van der Waals surface area contributed by atoms with E-state index < -0.39 is 9.05 Å². The highest BCUT2D eigenvalue weighted by Gasteiger charge is 2.24. The van der Waals surface area contributed by atoms with Gasteiger partial charge >= 0.3 is 0 Å². The van der Waals surface area contributed by atoms with Crippen LogP contribution in [-0.4, -0.2) is 33.0 Å². The molecule has 0 saturated carbocycles. The summed E-state index contributed by atoms with van der Waals surface area (Å²) in [6.07, 6.45) is 1.61. The number of aromatic nitrogens is 5. The molecule has 0 bridgehead atoms. The fourth-order valence-corrected chi connectivity index (χ4v) is 2.69. The van der Waals surface area contributed by atoms with Crippen LogP contribution in [0.1, 0.15) is 13.8 Å². The molecule has 19 heavy (non-hydrogen) atoms. The summed E-state index contributed by atoms with van der Waals surface area (Å²) in [6.45, 7) is 4.39. The van der Waals surface area contributed by atoms with E-state index in [0.717, 1.165) is 0 Å². The lowest BCUT2D eigenvalue weighted by Crippen LogP contribution is -2.12. The van der Waals surface area contributed by atoms with Gasteiger partial charge in [0, 0.05) is 30.5 Å². The number of hydrogen-bond donors (Lipinski definition) is 0. The van der Waals surface area contributed by atoms with Crippen LogP contribution in [0.5, 0.6) is 0 Å². The van der Waals surface area contributed by atoms with Gasteiger partial charge in [0.2, 0.25) is 0 Å². The van der Waals surface area contributed by atoms with Crippen molar-refractivity contribution < 1.29 is 8.42 Å². The second-order valence-corrected chi connectivity index (χ2v) is 7.05. The highest BCUT2D eigenvalue weighted by atomic mass is 35.7. The Labute approximate surface area is 115 Å². The van der Waals surface area contributed by atoms with E-state index in [1.807, 2.05) is 13.8 Å². The third kappa shape index (κ3) is 2.79. The number of rotatable bonds is 4. The Balaban J connectivity index is 2.63. The monoisotopic (exact) mass is 303 g/mol. The maximum atomic E-state index is 11.5. The number of halogens is 1. The van der Waals surface area contributed by atoms with Crippen molar-refractivity contribution in [2.75, 3.05) is 0 Å². The van der Waals surface area contributed by atoms with Crippen LogP contribution >= 0.6 is 10.7 Å². The van der Waals surface area contributed by atoms with Gasteiger partial charge in [-0.1, -0.05) is 13.8 Å². The molecule has 104 valence electrons. The molecular weight excluding hydrogens is 290 g/mol. The molecule has 0 unspecified atom stereocenters. The summed E-state index contributed by atoms with van der Waals surface area (Å²) < 4.78 is 26.2. The van der Waals surface area contributed by atoms with Crippen molar-refractivity contribution >= 4 is 19.7 Å². The standard InChI is InChI=1S/C10H14ClN5O2S/c1-7(2)6-16-9(8-4-5-12-15(8)3)13-14-10(16)19(11,17)18/h4-5,7H,6H2,1-3H3. The fourth-order valence-electron chi connectivity index (χ4n) is 1.78. The number of nitrogens with zero attached hydrogens (tertiary/aromatic N) is 5. The van der Waals surface area contributed by atoms with Gasteiger partial charge in [0.25, 0.3) is 14.2 Å². The number of aryl methyl sites for hydroxylation is 1. The minimum Gasteiger partial charge on any atom is -0.295 e. The molecule has 2 heterocycles. The van der Waals surface area contributed by atoms with E-state index in [-0.39, 0.29) is 11.1 Å². The molecule has 0 atom stereocenters. The molecular formula is C10H14ClN5O2S. The first-order chi connectivity index (χ1) is 8.80. The lowest BCUT2D eigenvalue weighted by molar-refractivity contribution is 0.487. The molecule has 0 saturated heterocycles. The zero-order valence-corrected chi connectivity index (χ0v) is 12.4. The van der Waals surface area contributed by atoms with Gasteiger partial charge in [-0.2, -0.15) is 5.10 Å². The Bertz CT molecular complexity index is 689. The second kappa shape index (κ2) is 4.93. The van der Waals surface area contributed by atoms with E-state index in [9.17, 15) is 8.42 Å². The van der Waals surface area contributed by atoms with Crippen molar-refractivity contribution in [3.05, 3.63) is 12.3 Å². The lowest BCUT2D eigenvalue weighted by Gasteiger charge is -2.11. The van der Waals surface area contributed by atoms with E-state index in [2.05, 4.69) is 15.3 Å². The molecule has 2 aromatic heterocycles. The summed E-state index contributed by atoms with van der Waals surface area (Å²) in [5.41, 5.74) is 0.680. The van der Waals surface area contributed by atoms with Gasteiger partial charge in [-0.05, 0) is 12.0 Å². The fraction of sp³-hybridized carbons (Fsp3) is 0.500.